The Hall–Kier alpha value is -2.12. The monoisotopic (exact) mass is 350 g/mol. The molecule has 0 radical (unpaired) electrons. The van der Waals surface area contributed by atoms with Gasteiger partial charge in [-0.15, -0.1) is 0 Å². The molecular weight excluding hydrogens is 332 g/mol. The number of urea groups is 1. The van der Waals surface area contributed by atoms with E-state index in [4.69, 9.17) is 11.6 Å². The van der Waals surface area contributed by atoms with Gasteiger partial charge in [0.15, 0.2) is 0 Å². The van der Waals surface area contributed by atoms with Gasteiger partial charge >= 0.3 is 17.8 Å². The van der Waals surface area contributed by atoms with Gasteiger partial charge in [-0.3, -0.25) is 19.4 Å². The van der Waals surface area contributed by atoms with Crippen LogP contribution in [0.25, 0.3) is 0 Å². The number of likely N-dealkylation sites (N-methyl/N-ethyl adjacent to an activating group) is 1. The Morgan fingerprint density at radius 3 is 2.29 bits per heavy atom. The molecule has 8 heteroatoms. The van der Waals surface area contributed by atoms with Crippen molar-refractivity contribution >= 4 is 35.1 Å². The van der Waals surface area contributed by atoms with Crippen LogP contribution in [0.4, 0.5) is 10.5 Å². The first-order valence-electron chi connectivity index (χ1n) is 7.75. The van der Waals surface area contributed by atoms with Gasteiger partial charge < -0.3 is 4.90 Å². The van der Waals surface area contributed by atoms with E-state index in [1.165, 1.54) is 7.05 Å². The predicted molar refractivity (Wildman–Crippen MR) is 89.9 cm³/mol. The second-order valence-corrected chi connectivity index (χ2v) is 6.49. The van der Waals surface area contributed by atoms with E-state index in [9.17, 15) is 14.4 Å². The number of aryl methyl sites for hydroxylation is 1. The van der Waals surface area contributed by atoms with Crippen LogP contribution in [0.15, 0.2) is 18.2 Å². The van der Waals surface area contributed by atoms with Gasteiger partial charge in [-0.2, -0.15) is 0 Å². The molecule has 2 aliphatic rings. The number of imide groups is 2. The van der Waals surface area contributed by atoms with Gasteiger partial charge in [0, 0.05) is 43.9 Å². The molecule has 3 rings (SSSR count). The molecule has 1 aromatic rings. The summed E-state index contributed by atoms with van der Waals surface area (Å²) in [6.07, 6.45) is 0. The number of carbonyl (C=O) groups is 3. The molecule has 0 bridgehead atoms. The average Bonchev–Trinajstić information content (AvgIpc) is 2.76. The number of anilines is 1. The molecule has 2 saturated heterocycles. The van der Waals surface area contributed by atoms with E-state index in [1.807, 2.05) is 30.0 Å². The van der Waals surface area contributed by atoms with Crippen LogP contribution in [0.5, 0.6) is 0 Å². The van der Waals surface area contributed by atoms with Crippen LogP contribution < -0.4 is 4.90 Å². The van der Waals surface area contributed by atoms with Gasteiger partial charge in [0.2, 0.25) is 0 Å². The molecule has 0 spiro atoms. The van der Waals surface area contributed by atoms with Crippen molar-refractivity contribution in [1.82, 2.24) is 14.7 Å². The Labute approximate surface area is 145 Å². The van der Waals surface area contributed by atoms with Crippen LogP contribution >= 0.6 is 11.6 Å². The highest BCUT2D eigenvalue weighted by Gasteiger charge is 2.42. The molecule has 24 heavy (non-hydrogen) atoms. The molecule has 0 N–H and O–H groups in total. The van der Waals surface area contributed by atoms with E-state index in [0.717, 1.165) is 34.1 Å². The second kappa shape index (κ2) is 6.41. The Morgan fingerprint density at radius 1 is 1.04 bits per heavy atom. The number of hydrogen-bond donors (Lipinski definition) is 0. The average molecular weight is 351 g/mol. The molecule has 4 amide bonds. The molecule has 1 aromatic carbocycles. The normalized spacial score (nSPS) is 19.6. The van der Waals surface area contributed by atoms with Crippen molar-refractivity contribution in [2.24, 2.45) is 0 Å². The summed E-state index contributed by atoms with van der Waals surface area (Å²) in [5.41, 5.74) is 2.26. The zero-order valence-corrected chi connectivity index (χ0v) is 14.4. The Morgan fingerprint density at radius 2 is 1.71 bits per heavy atom. The van der Waals surface area contributed by atoms with E-state index in [-0.39, 0.29) is 6.67 Å². The van der Waals surface area contributed by atoms with Gasteiger partial charge in [0.25, 0.3) is 0 Å². The first-order chi connectivity index (χ1) is 11.4. The molecule has 0 saturated carbocycles. The number of piperazine rings is 1. The van der Waals surface area contributed by atoms with Crippen LogP contribution in [0, 0.1) is 6.92 Å². The summed E-state index contributed by atoms with van der Waals surface area (Å²) in [6, 6.07) is 5.26. The first-order valence-corrected chi connectivity index (χ1v) is 8.13. The lowest BCUT2D eigenvalue weighted by molar-refractivity contribution is -0.143. The minimum Gasteiger partial charge on any atom is -0.369 e. The van der Waals surface area contributed by atoms with Crippen LogP contribution in [0.2, 0.25) is 5.02 Å². The van der Waals surface area contributed by atoms with Gasteiger partial charge in [-0.05, 0) is 24.6 Å². The van der Waals surface area contributed by atoms with Gasteiger partial charge in [0.05, 0.1) is 6.67 Å². The van der Waals surface area contributed by atoms with Crippen LogP contribution in [0.1, 0.15) is 5.56 Å². The van der Waals surface area contributed by atoms with E-state index in [0.29, 0.717) is 18.1 Å². The molecule has 0 atom stereocenters. The summed E-state index contributed by atoms with van der Waals surface area (Å²) >= 11 is 6.08. The van der Waals surface area contributed by atoms with Crippen LogP contribution in [-0.4, -0.2) is 72.4 Å². The highest BCUT2D eigenvalue weighted by molar-refractivity contribution is 6.44. The SMILES string of the molecule is Cc1ccc(Cl)cc1N1CCN(CN2C(=O)C(=O)N(C)C2=O)CC1. The molecule has 128 valence electrons. The summed E-state index contributed by atoms with van der Waals surface area (Å²) in [4.78, 5) is 41.4. The van der Waals surface area contributed by atoms with Crippen molar-refractivity contribution in [2.75, 3.05) is 44.8 Å². The molecule has 7 nitrogen and oxygen atoms in total. The zero-order chi connectivity index (χ0) is 17.4. The van der Waals surface area contributed by atoms with Gasteiger partial charge in [-0.1, -0.05) is 17.7 Å². The summed E-state index contributed by atoms with van der Waals surface area (Å²) in [6.45, 7) is 5.11. The molecule has 2 fully saturated rings. The van der Waals surface area contributed by atoms with Crippen molar-refractivity contribution in [3.8, 4) is 0 Å². The fraction of sp³-hybridized carbons (Fsp3) is 0.438. The first kappa shape index (κ1) is 16.7. The number of halogens is 1. The smallest absolute Gasteiger partial charge is 0.335 e. The zero-order valence-electron chi connectivity index (χ0n) is 13.7. The minimum atomic E-state index is -0.770. The fourth-order valence-electron chi connectivity index (χ4n) is 2.99. The second-order valence-electron chi connectivity index (χ2n) is 6.06. The number of rotatable bonds is 3. The summed E-state index contributed by atoms with van der Waals surface area (Å²) in [5.74, 6) is -1.52. The van der Waals surface area contributed by atoms with Gasteiger partial charge in [0.1, 0.15) is 0 Å². The largest absolute Gasteiger partial charge is 0.369 e. The number of amides is 4. The predicted octanol–water partition coefficient (Wildman–Crippen LogP) is 1.15. The summed E-state index contributed by atoms with van der Waals surface area (Å²) < 4.78 is 0. The lowest BCUT2D eigenvalue weighted by Gasteiger charge is -2.37. The van der Waals surface area contributed by atoms with Crippen LogP contribution in [-0.2, 0) is 9.59 Å². The third kappa shape index (κ3) is 2.97. The number of benzene rings is 1. The van der Waals surface area contributed by atoms with Crippen molar-refractivity contribution < 1.29 is 14.4 Å². The molecule has 0 unspecified atom stereocenters. The molecule has 0 aromatic heterocycles. The lowest BCUT2D eigenvalue weighted by Crippen LogP contribution is -2.51. The van der Waals surface area contributed by atoms with Crippen molar-refractivity contribution in [2.45, 2.75) is 6.92 Å². The van der Waals surface area contributed by atoms with E-state index in [1.54, 1.807) is 0 Å². The Balaban J connectivity index is 1.62. The molecule has 2 heterocycles. The Kier molecular flexibility index (Phi) is 4.47. The third-order valence-corrected chi connectivity index (χ3v) is 4.71. The maximum Gasteiger partial charge on any atom is 0.335 e. The van der Waals surface area contributed by atoms with Crippen molar-refractivity contribution in [3.05, 3.63) is 28.8 Å². The van der Waals surface area contributed by atoms with E-state index >= 15 is 0 Å². The van der Waals surface area contributed by atoms with E-state index in [2.05, 4.69) is 4.90 Å². The fourth-order valence-corrected chi connectivity index (χ4v) is 3.16. The highest BCUT2D eigenvalue weighted by atomic mass is 35.5. The summed E-state index contributed by atoms with van der Waals surface area (Å²) in [5, 5.41) is 0.702. The quantitative estimate of drug-likeness (QED) is 0.604. The van der Waals surface area contributed by atoms with Crippen LogP contribution in [0.3, 0.4) is 0 Å². The van der Waals surface area contributed by atoms with E-state index < -0.39 is 17.8 Å². The van der Waals surface area contributed by atoms with Crippen molar-refractivity contribution in [3.63, 3.8) is 0 Å². The van der Waals surface area contributed by atoms with Crippen molar-refractivity contribution in [1.29, 1.82) is 0 Å². The van der Waals surface area contributed by atoms with Gasteiger partial charge in [-0.25, -0.2) is 9.69 Å². The molecular formula is C16H19ClN4O3. The summed E-state index contributed by atoms with van der Waals surface area (Å²) in [7, 11) is 1.32. The number of nitrogens with zero attached hydrogens (tertiary/aromatic N) is 4. The lowest BCUT2D eigenvalue weighted by atomic mass is 10.1. The maximum atomic E-state index is 11.9. The standard InChI is InChI=1S/C16H19ClN4O3/c1-11-3-4-12(17)9-13(11)20-7-5-19(6-8-20)10-21-15(23)14(22)18(2)16(21)24/h3-4,9H,5-8,10H2,1-2H3. The number of hydrogen-bond acceptors (Lipinski definition) is 5. The number of carbonyl (C=O) groups excluding carboxylic acids is 3. The minimum absolute atomic E-state index is 0.149. The third-order valence-electron chi connectivity index (χ3n) is 4.48. The Bertz CT molecular complexity index is 701. The topological polar surface area (TPSA) is 64.2 Å². The molecule has 2 aliphatic heterocycles. The highest BCUT2D eigenvalue weighted by Crippen LogP contribution is 2.25. The molecule has 0 aliphatic carbocycles. The maximum absolute atomic E-state index is 11.9.